The van der Waals surface area contributed by atoms with Crippen LogP contribution in [0.4, 0.5) is 0 Å². The third-order valence-electron chi connectivity index (χ3n) is 5.28. The van der Waals surface area contributed by atoms with Crippen molar-refractivity contribution in [3.8, 4) is 0 Å². The van der Waals surface area contributed by atoms with Gasteiger partial charge in [-0.2, -0.15) is 0 Å². The van der Waals surface area contributed by atoms with E-state index in [1.54, 1.807) is 0 Å². The van der Waals surface area contributed by atoms with Gasteiger partial charge in [0.05, 0.1) is 0 Å². The van der Waals surface area contributed by atoms with E-state index in [2.05, 4.69) is 38.7 Å². The van der Waals surface area contributed by atoms with Gasteiger partial charge in [0.15, 0.2) is 0 Å². The van der Waals surface area contributed by atoms with E-state index in [4.69, 9.17) is 0 Å². The third-order valence-corrected chi connectivity index (χ3v) is 5.28. The third kappa shape index (κ3) is 4.22. The maximum absolute atomic E-state index is 12.5. The molecule has 0 spiro atoms. The molecule has 22 heavy (non-hydrogen) atoms. The Bertz CT molecular complexity index is 462. The van der Waals surface area contributed by atoms with E-state index in [1.807, 2.05) is 11.0 Å². The molecule has 1 saturated heterocycles. The second kappa shape index (κ2) is 7.45. The minimum absolute atomic E-state index is 0.180. The predicted octanol–water partition coefficient (Wildman–Crippen LogP) is 3.62. The number of allylic oxidation sites excluding steroid dienone is 3. The fraction of sp³-hybridized carbons (Fsp3) is 0.737. The summed E-state index contributed by atoms with van der Waals surface area (Å²) in [7, 11) is 0. The van der Waals surface area contributed by atoms with Crippen molar-refractivity contribution in [3.63, 3.8) is 0 Å². The van der Waals surface area contributed by atoms with Crippen molar-refractivity contribution >= 4 is 5.91 Å². The summed E-state index contributed by atoms with van der Waals surface area (Å²) in [5.41, 5.74) is 3.03. The van der Waals surface area contributed by atoms with Gasteiger partial charge in [-0.15, -0.1) is 0 Å². The molecule has 2 aliphatic rings. The molecule has 0 radical (unpaired) electrons. The maximum Gasteiger partial charge on any atom is 0.246 e. The first kappa shape index (κ1) is 17.3. The number of rotatable bonds is 3. The molecule has 0 aromatic carbocycles. The topological polar surface area (TPSA) is 23.6 Å². The van der Waals surface area contributed by atoms with Crippen LogP contribution in [0.2, 0.25) is 0 Å². The molecular weight excluding hydrogens is 272 g/mol. The summed E-state index contributed by atoms with van der Waals surface area (Å²) in [4.78, 5) is 16.9. The standard InChI is InChI=1S/C19H32N2O/c1-5-20-12-7-13-21(15-14-20)18(22)10-9-17-16(2)8-6-11-19(17,3)4/h9-10H,5-8,11-15H2,1-4H3. The minimum atomic E-state index is 0.180. The highest BCUT2D eigenvalue weighted by Crippen LogP contribution is 2.40. The number of amides is 1. The Balaban J connectivity index is 2.02. The van der Waals surface area contributed by atoms with Crippen molar-refractivity contribution < 1.29 is 4.79 Å². The van der Waals surface area contributed by atoms with Gasteiger partial charge in [0.2, 0.25) is 5.91 Å². The van der Waals surface area contributed by atoms with Gasteiger partial charge in [-0.1, -0.05) is 32.4 Å². The summed E-state index contributed by atoms with van der Waals surface area (Å²) in [6, 6.07) is 0. The van der Waals surface area contributed by atoms with Crippen molar-refractivity contribution in [2.45, 2.75) is 53.4 Å². The zero-order valence-corrected chi connectivity index (χ0v) is 14.8. The van der Waals surface area contributed by atoms with E-state index in [-0.39, 0.29) is 11.3 Å². The molecule has 3 heteroatoms. The van der Waals surface area contributed by atoms with Gasteiger partial charge in [0, 0.05) is 25.7 Å². The van der Waals surface area contributed by atoms with Crippen LogP contribution in [-0.2, 0) is 4.79 Å². The number of nitrogens with zero attached hydrogens (tertiary/aromatic N) is 2. The highest BCUT2D eigenvalue weighted by atomic mass is 16.2. The van der Waals surface area contributed by atoms with E-state index in [0.29, 0.717) is 0 Å². The average molecular weight is 304 g/mol. The van der Waals surface area contributed by atoms with Gasteiger partial charge in [0.1, 0.15) is 0 Å². The molecule has 2 rings (SSSR count). The van der Waals surface area contributed by atoms with Crippen molar-refractivity contribution in [2.24, 2.45) is 5.41 Å². The lowest BCUT2D eigenvalue weighted by atomic mass is 9.72. The number of hydrogen-bond acceptors (Lipinski definition) is 2. The number of carbonyl (C=O) groups excluding carboxylic acids is 1. The molecule has 1 amide bonds. The molecule has 1 aliphatic carbocycles. The molecule has 0 aromatic rings. The van der Waals surface area contributed by atoms with Crippen molar-refractivity contribution in [3.05, 3.63) is 23.3 Å². The highest BCUT2D eigenvalue weighted by Gasteiger charge is 2.27. The van der Waals surface area contributed by atoms with E-state index in [1.165, 1.54) is 30.4 Å². The van der Waals surface area contributed by atoms with Gasteiger partial charge in [-0.3, -0.25) is 4.79 Å². The predicted molar refractivity (Wildman–Crippen MR) is 92.8 cm³/mol. The van der Waals surface area contributed by atoms with Gasteiger partial charge in [-0.05, 0) is 56.7 Å². The molecule has 0 unspecified atom stereocenters. The largest absolute Gasteiger partial charge is 0.338 e. The van der Waals surface area contributed by atoms with Crippen LogP contribution in [0.3, 0.4) is 0 Å². The maximum atomic E-state index is 12.5. The summed E-state index contributed by atoms with van der Waals surface area (Å²) in [6.07, 6.45) is 8.65. The Kier molecular flexibility index (Phi) is 5.85. The van der Waals surface area contributed by atoms with Crippen molar-refractivity contribution in [2.75, 3.05) is 32.7 Å². The highest BCUT2D eigenvalue weighted by molar-refractivity contribution is 5.88. The van der Waals surface area contributed by atoms with Crippen LogP contribution in [0.15, 0.2) is 23.3 Å². The SMILES string of the molecule is CCN1CCCN(C(=O)C=CC2=C(C)CCCC2(C)C)CC1. The average Bonchev–Trinajstić information content (AvgIpc) is 2.71. The molecule has 0 saturated carbocycles. The van der Waals surface area contributed by atoms with Crippen LogP contribution in [-0.4, -0.2) is 48.4 Å². The van der Waals surface area contributed by atoms with Crippen LogP contribution >= 0.6 is 0 Å². The monoisotopic (exact) mass is 304 g/mol. The summed E-state index contributed by atoms with van der Waals surface area (Å²) < 4.78 is 0. The lowest BCUT2D eigenvalue weighted by Crippen LogP contribution is -2.34. The molecule has 1 aliphatic heterocycles. The summed E-state index contributed by atoms with van der Waals surface area (Å²) in [5, 5.41) is 0. The van der Waals surface area contributed by atoms with E-state index < -0.39 is 0 Å². The Morgan fingerprint density at radius 3 is 2.64 bits per heavy atom. The van der Waals surface area contributed by atoms with Crippen LogP contribution in [0.5, 0.6) is 0 Å². The lowest BCUT2D eigenvalue weighted by Gasteiger charge is -2.33. The van der Waals surface area contributed by atoms with Crippen LogP contribution in [0.25, 0.3) is 0 Å². The molecule has 3 nitrogen and oxygen atoms in total. The summed E-state index contributed by atoms with van der Waals surface area (Å²) in [6.45, 7) is 14.0. The zero-order valence-electron chi connectivity index (χ0n) is 14.8. The number of hydrogen-bond donors (Lipinski definition) is 0. The molecule has 1 fully saturated rings. The number of carbonyl (C=O) groups is 1. The van der Waals surface area contributed by atoms with Crippen molar-refractivity contribution in [1.82, 2.24) is 9.80 Å². The molecule has 124 valence electrons. The smallest absolute Gasteiger partial charge is 0.246 e. The molecule has 0 bridgehead atoms. The summed E-state index contributed by atoms with van der Waals surface area (Å²) >= 11 is 0. The first-order chi connectivity index (χ1) is 10.4. The molecule has 0 N–H and O–H groups in total. The Hall–Kier alpha value is -1.09. The minimum Gasteiger partial charge on any atom is -0.338 e. The molecule has 0 atom stereocenters. The molecule has 1 heterocycles. The van der Waals surface area contributed by atoms with Crippen LogP contribution in [0, 0.1) is 5.41 Å². The fourth-order valence-electron chi connectivity index (χ4n) is 3.78. The normalized spacial score (nSPS) is 23.9. The second-order valence-electron chi connectivity index (χ2n) is 7.38. The fourth-order valence-corrected chi connectivity index (χ4v) is 3.78. The molecular formula is C19H32N2O. The Labute approximate surface area is 136 Å². The first-order valence-electron chi connectivity index (χ1n) is 8.83. The van der Waals surface area contributed by atoms with E-state index in [9.17, 15) is 4.79 Å². The van der Waals surface area contributed by atoms with Gasteiger partial charge >= 0.3 is 0 Å². The lowest BCUT2D eigenvalue weighted by molar-refractivity contribution is -0.125. The van der Waals surface area contributed by atoms with Crippen molar-refractivity contribution in [1.29, 1.82) is 0 Å². The van der Waals surface area contributed by atoms with E-state index >= 15 is 0 Å². The van der Waals surface area contributed by atoms with Crippen LogP contribution in [0.1, 0.15) is 53.4 Å². The Morgan fingerprint density at radius 1 is 1.18 bits per heavy atom. The van der Waals surface area contributed by atoms with E-state index in [0.717, 1.165) is 39.1 Å². The Morgan fingerprint density at radius 2 is 1.95 bits per heavy atom. The molecule has 0 aromatic heterocycles. The zero-order chi connectivity index (χ0) is 16.2. The summed E-state index contributed by atoms with van der Waals surface area (Å²) in [5.74, 6) is 0.180. The number of likely N-dealkylation sites (N-methyl/N-ethyl adjacent to an activating group) is 1. The van der Waals surface area contributed by atoms with Gasteiger partial charge < -0.3 is 9.80 Å². The van der Waals surface area contributed by atoms with Crippen LogP contribution < -0.4 is 0 Å². The second-order valence-corrected chi connectivity index (χ2v) is 7.38. The first-order valence-corrected chi connectivity index (χ1v) is 8.83. The van der Waals surface area contributed by atoms with Gasteiger partial charge in [-0.25, -0.2) is 0 Å². The van der Waals surface area contributed by atoms with Gasteiger partial charge in [0.25, 0.3) is 0 Å². The quantitative estimate of drug-likeness (QED) is 0.743.